The molecule has 2 heteroatoms. The highest BCUT2D eigenvalue weighted by Crippen LogP contribution is 2.17. The van der Waals surface area contributed by atoms with Crippen molar-refractivity contribution in [3.8, 4) is 0 Å². The number of hydrogen-bond donors (Lipinski definition) is 1. The maximum atomic E-state index is 12.4. The van der Waals surface area contributed by atoms with Gasteiger partial charge in [-0.05, 0) is 32.0 Å². The second-order valence-corrected chi connectivity index (χ2v) is 3.40. The van der Waals surface area contributed by atoms with Crippen LogP contribution in [-0.4, -0.2) is 7.05 Å². The minimum atomic E-state index is -0.384. The van der Waals surface area contributed by atoms with E-state index in [2.05, 4.69) is 18.3 Å². The van der Waals surface area contributed by atoms with Gasteiger partial charge in [-0.2, -0.15) is 0 Å². The Hall–Kier alpha value is -0.890. The molecule has 1 aromatic rings. The van der Waals surface area contributed by atoms with Gasteiger partial charge < -0.3 is 5.32 Å². The van der Waals surface area contributed by atoms with Crippen molar-refractivity contribution in [2.75, 3.05) is 7.05 Å². The molecule has 1 rings (SSSR count). The number of rotatable bonds is 3. The molecule has 1 N–H and O–H groups in total. The molecule has 0 aliphatic rings. The lowest BCUT2D eigenvalue weighted by Gasteiger charge is -2.12. The lowest BCUT2D eigenvalue weighted by atomic mass is 10.0. The summed E-state index contributed by atoms with van der Waals surface area (Å²) in [7, 11) is 1.90. The Labute approximate surface area is 79.0 Å². The first-order chi connectivity index (χ1) is 6.17. The summed E-state index contributed by atoms with van der Waals surface area (Å²) >= 11 is 0. The van der Waals surface area contributed by atoms with Crippen molar-refractivity contribution in [3.05, 3.63) is 34.9 Å². The molecule has 0 aliphatic heterocycles. The van der Waals surface area contributed by atoms with Crippen LogP contribution in [0.3, 0.4) is 0 Å². The van der Waals surface area contributed by atoms with E-state index in [1.54, 1.807) is 0 Å². The molecule has 0 amide bonds. The summed E-state index contributed by atoms with van der Waals surface area (Å²) in [5.74, 6) is 0. The zero-order valence-corrected chi connectivity index (χ0v) is 8.39. The van der Waals surface area contributed by atoms with Crippen LogP contribution in [-0.2, 0) is 6.67 Å². The molecule has 0 saturated carbocycles. The molecule has 1 aromatic carbocycles. The van der Waals surface area contributed by atoms with E-state index in [-0.39, 0.29) is 12.7 Å². The highest BCUT2D eigenvalue weighted by atomic mass is 19.1. The molecular weight excluding hydrogens is 165 g/mol. The molecule has 0 unspecified atom stereocenters. The van der Waals surface area contributed by atoms with Crippen LogP contribution in [0.5, 0.6) is 0 Å². The monoisotopic (exact) mass is 181 g/mol. The number of benzene rings is 1. The van der Waals surface area contributed by atoms with Crippen LogP contribution in [0, 0.1) is 6.92 Å². The quantitative estimate of drug-likeness (QED) is 0.756. The third kappa shape index (κ3) is 2.52. The van der Waals surface area contributed by atoms with Crippen LogP contribution in [0.1, 0.15) is 29.7 Å². The van der Waals surface area contributed by atoms with Gasteiger partial charge in [-0.25, -0.2) is 4.39 Å². The Bertz CT molecular complexity index is 283. The maximum Gasteiger partial charge on any atom is 0.115 e. The molecule has 0 radical (unpaired) electrons. The van der Waals surface area contributed by atoms with Crippen LogP contribution < -0.4 is 5.32 Å². The molecule has 0 fully saturated rings. The average molecular weight is 181 g/mol. The van der Waals surface area contributed by atoms with Gasteiger partial charge in [-0.3, -0.25) is 0 Å². The number of aryl methyl sites for hydroxylation is 1. The number of hydrogen-bond acceptors (Lipinski definition) is 1. The Morgan fingerprint density at radius 2 is 2.08 bits per heavy atom. The third-order valence-electron chi connectivity index (χ3n) is 2.25. The van der Waals surface area contributed by atoms with Crippen LogP contribution >= 0.6 is 0 Å². The molecule has 1 atom stereocenters. The van der Waals surface area contributed by atoms with Crippen molar-refractivity contribution in [1.82, 2.24) is 5.32 Å². The maximum absolute atomic E-state index is 12.4. The first-order valence-corrected chi connectivity index (χ1v) is 4.51. The molecule has 0 bridgehead atoms. The SMILES string of the molecule is CN[C@H](C)c1cc(C)cc(CF)c1. The normalized spacial score (nSPS) is 12.9. The Balaban J connectivity index is 3.01. The van der Waals surface area contributed by atoms with Gasteiger partial charge in [0.05, 0.1) is 0 Å². The first kappa shape index (κ1) is 10.2. The Morgan fingerprint density at radius 1 is 1.38 bits per heavy atom. The van der Waals surface area contributed by atoms with Gasteiger partial charge in [0.15, 0.2) is 0 Å². The Kier molecular flexibility index (Phi) is 3.43. The van der Waals surface area contributed by atoms with E-state index < -0.39 is 0 Å². The first-order valence-electron chi connectivity index (χ1n) is 4.51. The van der Waals surface area contributed by atoms with Crippen molar-refractivity contribution in [2.45, 2.75) is 26.6 Å². The summed E-state index contributed by atoms with van der Waals surface area (Å²) in [6.07, 6.45) is 0. The molecule has 0 aliphatic carbocycles. The minimum absolute atomic E-state index is 0.283. The molecule has 13 heavy (non-hydrogen) atoms. The van der Waals surface area contributed by atoms with E-state index >= 15 is 0 Å². The van der Waals surface area contributed by atoms with Gasteiger partial charge in [0.1, 0.15) is 6.67 Å². The van der Waals surface area contributed by atoms with E-state index in [9.17, 15) is 4.39 Å². The smallest absolute Gasteiger partial charge is 0.115 e. The summed E-state index contributed by atoms with van der Waals surface area (Å²) < 4.78 is 12.4. The van der Waals surface area contributed by atoms with Crippen LogP contribution in [0.25, 0.3) is 0 Å². The van der Waals surface area contributed by atoms with Crippen molar-refractivity contribution < 1.29 is 4.39 Å². The third-order valence-corrected chi connectivity index (χ3v) is 2.25. The summed E-state index contributed by atoms with van der Waals surface area (Å²) in [6, 6.07) is 6.16. The fourth-order valence-corrected chi connectivity index (χ4v) is 1.39. The van der Waals surface area contributed by atoms with Crippen LogP contribution in [0.15, 0.2) is 18.2 Å². The molecular formula is C11H16FN. The fraction of sp³-hybridized carbons (Fsp3) is 0.455. The molecule has 0 saturated heterocycles. The topological polar surface area (TPSA) is 12.0 Å². The molecule has 0 spiro atoms. The van der Waals surface area contributed by atoms with E-state index in [1.807, 2.05) is 26.1 Å². The molecule has 0 aromatic heterocycles. The summed E-state index contributed by atoms with van der Waals surface area (Å²) in [5, 5.41) is 3.14. The largest absolute Gasteiger partial charge is 0.313 e. The van der Waals surface area contributed by atoms with Gasteiger partial charge in [-0.1, -0.05) is 23.8 Å². The van der Waals surface area contributed by atoms with Crippen molar-refractivity contribution >= 4 is 0 Å². The lowest BCUT2D eigenvalue weighted by Crippen LogP contribution is -2.12. The summed E-state index contributed by atoms with van der Waals surface area (Å²) in [4.78, 5) is 0. The van der Waals surface area contributed by atoms with Crippen molar-refractivity contribution in [1.29, 1.82) is 0 Å². The number of nitrogens with one attached hydrogen (secondary N) is 1. The molecule has 0 heterocycles. The highest BCUT2D eigenvalue weighted by Gasteiger charge is 2.04. The molecule has 72 valence electrons. The summed E-state index contributed by atoms with van der Waals surface area (Å²) in [6.45, 7) is 3.67. The predicted octanol–water partition coefficient (Wildman–Crippen LogP) is 2.74. The van der Waals surface area contributed by atoms with Gasteiger partial charge in [0, 0.05) is 6.04 Å². The highest BCUT2D eigenvalue weighted by molar-refractivity contribution is 5.30. The van der Waals surface area contributed by atoms with E-state index in [4.69, 9.17) is 0 Å². The van der Waals surface area contributed by atoms with Gasteiger partial charge in [-0.15, -0.1) is 0 Å². The number of alkyl halides is 1. The van der Waals surface area contributed by atoms with Gasteiger partial charge in [0.2, 0.25) is 0 Å². The Morgan fingerprint density at radius 3 is 2.62 bits per heavy atom. The zero-order valence-electron chi connectivity index (χ0n) is 8.39. The van der Waals surface area contributed by atoms with E-state index in [1.165, 1.54) is 0 Å². The lowest BCUT2D eigenvalue weighted by molar-refractivity contribution is 0.484. The minimum Gasteiger partial charge on any atom is -0.313 e. The summed E-state index contributed by atoms with van der Waals surface area (Å²) in [5.41, 5.74) is 3.03. The van der Waals surface area contributed by atoms with Gasteiger partial charge >= 0.3 is 0 Å². The van der Waals surface area contributed by atoms with E-state index in [0.29, 0.717) is 0 Å². The van der Waals surface area contributed by atoms with Crippen LogP contribution in [0.2, 0.25) is 0 Å². The van der Waals surface area contributed by atoms with Crippen LogP contribution in [0.4, 0.5) is 4.39 Å². The van der Waals surface area contributed by atoms with Gasteiger partial charge in [0.25, 0.3) is 0 Å². The second-order valence-electron chi connectivity index (χ2n) is 3.40. The zero-order chi connectivity index (χ0) is 9.84. The van der Waals surface area contributed by atoms with Crippen molar-refractivity contribution in [2.24, 2.45) is 0 Å². The van der Waals surface area contributed by atoms with E-state index in [0.717, 1.165) is 16.7 Å². The van der Waals surface area contributed by atoms with Crippen molar-refractivity contribution in [3.63, 3.8) is 0 Å². The molecule has 1 nitrogen and oxygen atoms in total. The fourth-order valence-electron chi connectivity index (χ4n) is 1.39. The predicted molar refractivity (Wildman–Crippen MR) is 53.5 cm³/mol. The standard InChI is InChI=1S/C11H16FN/c1-8-4-10(7-12)6-11(5-8)9(2)13-3/h4-6,9,13H,7H2,1-3H3/t9-/m1/s1. The number of halogens is 1. The second kappa shape index (κ2) is 4.38. The average Bonchev–Trinajstić information content (AvgIpc) is 2.15.